The van der Waals surface area contributed by atoms with Gasteiger partial charge >= 0.3 is 0 Å². The summed E-state index contributed by atoms with van der Waals surface area (Å²) >= 11 is 0. The number of hydrogen-bond donors (Lipinski definition) is 1. The predicted molar refractivity (Wildman–Crippen MR) is 82.7 cm³/mol. The lowest BCUT2D eigenvalue weighted by Crippen LogP contribution is -2.29. The van der Waals surface area contributed by atoms with Gasteiger partial charge in [0.1, 0.15) is 0 Å². The zero-order valence-electron chi connectivity index (χ0n) is 11.3. The molecule has 0 aromatic heterocycles. The SMILES string of the molecule is Cc1ccc(N)cc1N1c2ccccc2C=CC1C. The Morgan fingerprint density at radius 1 is 1.05 bits per heavy atom. The van der Waals surface area contributed by atoms with Crippen molar-refractivity contribution in [3.8, 4) is 0 Å². The number of nitrogen functional groups attached to an aromatic ring is 1. The molecule has 0 fully saturated rings. The summed E-state index contributed by atoms with van der Waals surface area (Å²) in [6.07, 6.45) is 4.42. The zero-order valence-corrected chi connectivity index (χ0v) is 11.3. The number of aryl methyl sites for hydroxylation is 1. The van der Waals surface area contributed by atoms with Crippen molar-refractivity contribution in [2.45, 2.75) is 19.9 Å². The van der Waals surface area contributed by atoms with Crippen molar-refractivity contribution < 1.29 is 0 Å². The van der Waals surface area contributed by atoms with E-state index in [0.717, 1.165) is 5.69 Å². The van der Waals surface area contributed by atoms with Crippen molar-refractivity contribution >= 4 is 23.1 Å². The number of para-hydroxylation sites is 1. The fourth-order valence-electron chi connectivity index (χ4n) is 2.63. The Kier molecular flexibility index (Phi) is 2.79. The summed E-state index contributed by atoms with van der Waals surface area (Å²) in [4.78, 5) is 2.35. The van der Waals surface area contributed by atoms with Crippen LogP contribution in [0.25, 0.3) is 6.08 Å². The summed E-state index contributed by atoms with van der Waals surface area (Å²) in [5.41, 5.74) is 11.7. The zero-order chi connectivity index (χ0) is 13.4. The van der Waals surface area contributed by atoms with Gasteiger partial charge in [0.25, 0.3) is 0 Å². The van der Waals surface area contributed by atoms with Gasteiger partial charge in [-0.05, 0) is 43.2 Å². The van der Waals surface area contributed by atoms with E-state index in [1.165, 1.54) is 22.5 Å². The van der Waals surface area contributed by atoms with Gasteiger partial charge in [-0.3, -0.25) is 0 Å². The molecule has 96 valence electrons. The summed E-state index contributed by atoms with van der Waals surface area (Å²) in [6, 6.07) is 14.9. The first-order valence-corrected chi connectivity index (χ1v) is 6.59. The Balaban J connectivity index is 2.18. The van der Waals surface area contributed by atoms with Crippen molar-refractivity contribution in [3.05, 3.63) is 59.7 Å². The van der Waals surface area contributed by atoms with Crippen LogP contribution in [0.5, 0.6) is 0 Å². The number of fused-ring (bicyclic) bond motifs is 1. The maximum atomic E-state index is 5.95. The Morgan fingerprint density at radius 3 is 2.68 bits per heavy atom. The van der Waals surface area contributed by atoms with Crippen LogP contribution in [-0.2, 0) is 0 Å². The maximum absolute atomic E-state index is 5.95. The van der Waals surface area contributed by atoms with E-state index in [-0.39, 0.29) is 0 Å². The van der Waals surface area contributed by atoms with Crippen LogP contribution < -0.4 is 10.6 Å². The van der Waals surface area contributed by atoms with Gasteiger partial charge in [0.15, 0.2) is 0 Å². The van der Waals surface area contributed by atoms with E-state index >= 15 is 0 Å². The molecular formula is C17H18N2. The third kappa shape index (κ3) is 1.99. The van der Waals surface area contributed by atoms with Gasteiger partial charge in [-0.1, -0.05) is 36.4 Å². The summed E-state index contributed by atoms with van der Waals surface area (Å²) in [7, 11) is 0. The van der Waals surface area contributed by atoms with E-state index in [1.807, 2.05) is 6.07 Å². The predicted octanol–water partition coefficient (Wildman–Crippen LogP) is 4.13. The first-order chi connectivity index (χ1) is 9.16. The number of anilines is 3. The van der Waals surface area contributed by atoms with Crippen molar-refractivity contribution in [1.29, 1.82) is 0 Å². The molecule has 1 atom stereocenters. The molecule has 1 aliphatic heterocycles. The molecule has 2 aromatic rings. The molecule has 1 heterocycles. The Labute approximate surface area is 114 Å². The van der Waals surface area contributed by atoms with Crippen LogP contribution in [0.1, 0.15) is 18.1 Å². The monoisotopic (exact) mass is 250 g/mol. The highest BCUT2D eigenvalue weighted by molar-refractivity contribution is 5.80. The second-order valence-corrected chi connectivity index (χ2v) is 5.07. The standard InChI is InChI=1S/C17H18N2/c1-12-7-10-15(18)11-17(12)19-13(2)8-9-14-5-3-4-6-16(14)19/h3-11,13H,18H2,1-2H3. The minimum Gasteiger partial charge on any atom is -0.399 e. The van der Waals surface area contributed by atoms with Crippen molar-refractivity contribution in [1.82, 2.24) is 0 Å². The van der Waals surface area contributed by atoms with Crippen LogP contribution in [0.2, 0.25) is 0 Å². The van der Waals surface area contributed by atoms with Crippen molar-refractivity contribution in [3.63, 3.8) is 0 Å². The average molecular weight is 250 g/mol. The number of benzene rings is 2. The molecule has 0 bridgehead atoms. The van der Waals surface area contributed by atoms with E-state index in [1.54, 1.807) is 0 Å². The number of hydrogen-bond acceptors (Lipinski definition) is 2. The lowest BCUT2D eigenvalue weighted by Gasteiger charge is -2.35. The van der Waals surface area contributed by atoms with Crippen LogP contribution in [0.15, 0.2) is 48.5 Å². The first-order valence-electron chi connectivity index (χ1n) is 6.59. The van der Waals surface area contributed by atoms with Crippen LogP contribution in [0.4, 0.5) is 17.1 Å². The molecule has 19 heavy (non-hydrogen) atoms. The lowest BCUT2D eigenvalue weighted by molar-refractivity contribution is 0.855. The fourth-order valence-corrected chi connectivity index (χ4v) is 2.63. The molecule has 0 aliphatic carbocycles. The van der Waals surface area contributed by atoms with Crippen LogP contribution in [0, 0.1) is 6.92 Å². The molecule has 2 aromatic carbocycles. The molecule has 1 aliphatic rings. The highest BCUT2D eigenvalue weighted by Gasteiger charge is 2.21. The number of nitrogens with zero attached hydrogens (tertiary/aromatic N) is 1. The highest BCUT2D eigenvalue weighted by atomic mass is 15.2. The van der Waals surface area contributed by atoms with Gasteiger partial charge in [-0.2, -0.15) is 0 Å². The van der Waals surface area contributed by atoms with Crippen molar-refractivity contribution in [2.24, 2.45) is 0 Å². The molecule has 0 saturated carbocycles. The summed E-state index contributed by atoms with van der Waals surface area (Å²) < 4.78 is 0. The lowest BCUT2D eigenvalue weighted by atomic mass is 10.0. The van der Waals surface area contributed by atoms with E-state index in [2.05, 4.69) is 67.3 Å². The second-order valence-electron chi connectivity index (χ2n) is 5.07. The van der Waals surface area contributed by atoms with Gasteiger partial charge in [0.05, 0.1) is 0 Å². The van der Waals surface area contributed by atoms with Gasteiger partial charge in [-0.25, -0.2) is 0 Å². The van der Waals surface area contributed by atoms with Gasteiger partial charge in [-0.15, -0.1) is 0 Å². The van der Waals surface area contributed by atoms with Crippen LogP contribution in [-0.4, -0.2) is 6.04 Å². The summed E-state index contributed by atoms with van der Waals surface area (Å²) in [5.74, 6) is 0. The van der Waals surface area contributed by atoms with E-state index in [0.29, 0.717) is 6.04 Å². The van der Waals surface area contributed by atoms with Crippen LogP contribution >= 0.6 is 0 Å². The Morgan fingerprint density at radius 2 is 1.84 bits per heavy atom. The molecule has 0 spiro atoms. The minimum atomic E-state index is 0.329. The highest BCUT2D eigenvalue weighted by Crippen LogP contribution is 2.37. The molecule has 1 unspecified atom stereocenters. The normalized spacial score (nSPS) is 17.4. The maximum Gasteiger partial charge on any atom is 0.0497 e. The molecule has 0 saturated heterocycles. The smallest absolute Gasteiger partial charge is 0.0497 e. The van der Waals surface area contributed by atoms with Gasteiger partial charge in [0, 0.05) is 23.1 Å². The van der Waals surface area contributed by atoms with Gasteiger partial charge < -0.3 is 10.6 Å². The summed E-state index contributed by atoms with van der Waals surface area (Å²) in [5, 5.41) is 0. The molecule has 0 radical (unpaired) electrons. The summed E-state index contributed by atoms with van der Waals surface area (Å²) in [6.45, 7) is 4.33. The minimum absolute atomic E-state index is 0.329. The van der Waals surface area contributed by atoms with E-state index in [9.17, 15) is 0 Å². The molecule has 3 rings (SSSR count). The molecule has 2 heteroatoms. The average Bonchev–Trinajstić information content (AvgIpc) is 2.42. The third-order valence-corrected chi connectivity index (χ3v) is 3.65. The van der Waals surface area contributed by atoms with E-state index in [4.69, 9.17) is 5.73 Å². The molecule has 2 N–H and O–H groups in total. The molecule has 0 amide bonds. The number of rotatable bonds is 1. The fraction of sp³-hybridized carbons (Fsp3) is 0.176. The first kappa shape index (κ1) is 11.8. The third-order valence-electron chi connectivity index (χ3n) is 3.65. The Bertz CT molecular complexity index is 643. The quantitative estimate of drug-likeness (QED) is 0.771. The molecule has 2 nitrogen and oxygen atoms in total. The number of nitrogens with two attached hydrogens (primary N) is 1. The molecular weight excluding hydrogens is 232 g/mol. The van der Waals surface area contributed by atoms with Gasteiger partial charge in [0.2, 0.25) is 0 Å². The van der Waals surface area contributed by atoms with Crippen LogP contribution in [0.3, 0.4) is 0 Å². The topological polar surface area (TPSA) is 29.3 Å². The largest absolute Gasteiger partial charge is 0.399 e. The van der Waals surface area contributed by atoms with Crippen molar-refractivity contribution in [2.75, 3.05) is 10.6 Å². The Hall–Kier alpha value is -2.22. The second kappa shape index (κ2) is 4.47. The van der Waals surface area contributed by atoms with E-state index < -0.39 is 0 Å².